The van der Waals surface area contributed by atoms with Gasteiger partial charge >= 0.3 is 0 Å². The minimum atomic E-state index is -0.00333. The van der Waals surface area contributed by atoms with Crippen LogP contribution in [-0.4, -0.2) is 63.7 Å². The second-order valence-electron chi connectivity index (χ2n) is 9.55. The maximum atomic E-state index is 12.2. The molecule has 9 nitrogen and oxygen atoms in total. The molecule has 2 rings (SSSR count). The Balaban J connectivity index is 1.66. The van der Waals surface area contributed by atoms with Crippen LogP contribution in [0.3, 0.4) is 0 Å². The summed E-state index contributed by atoms with van der Waals surface area (Å²) in [4.78, 5) is 20.0. The van der Waals surface area contributed by atoms with Crippen LogP contribution in [0.2, 0.25) is 0 Å². The number of hydrogen-bond donors (Lipinski definition) is 2. The lowest BCUT2D eigenvalue weighted by Gasteiger charge is -2.17. The molecule has 0 heterocycles. The SMILES string of the molecule is COc1cc(CCN(C)CCCCNC(=O)C/C=C/c2ccc(N(C#N)C(N)=NC(C)C)cc2)cc(OC)c1. The molecule has 0 saturated heterocycles. The van der Waals surface area contributed by atoms with Gasteiger partial charge in [0.05, 0.1) is 19.9 Å². The number of nitrogens with two attached hydrogens (primary N) is 1. The topological polar surface area (TPSA) is 116 Å². The zero-order chi connectivity index (χ0) is 28.6. The molecule has 2 aromatic carbocycles. The predicted molar refractivity (Wildman–Crippen MR) is 158 cm³/mol. The Labute approximate surface area is 232 Å². The normalized spacial score (nSPS) is 11.6. The number of nitrogens with one attached hydrogen (secondary N) is 1. The maximum Gasteiger partial charge on any atom is 0.223 e. The fourth-order valence-corrected chi connectivity index (χ4v) is 3.85. The Bertz CT molecular complexity index is 1120. The van der Waals surface area contributed by atoms with Crippen molar-refractivity contribution in [2.75, 3.05) is 45.8 Å². The van der Waals surface area contributed by atoms with Gasteiger partial charge in [0.2, 0.25) is 11.9 Å². The van der Waals surface area contributed by atoms with Crippen molar-refractivity contribution in [1.82, 2.24) is 10.2 Å². The molecule has 0 unspecified atom stereocenters. The van der Waals surface area contributed by atoms with Gasteiger partial charge in [-0.25, -0.2) is 9.89 Å². The second kappa shape index (κ2) is 16.7. The lowest BCUT2D eigenvalue weighted by Crippen LogP contribution is -2.34. The van der Waals surface area contributed by atoms with Crippen molar-refractivity contribution in [2.45, 2.75) is 45.6 Å². The number of guanidine groups is 1. The van der Waals surface area contributed by atoms with Gasteiger partial charge in [-0.1, -0.05) is 24.3 Å². The van der Waals surface area contributed by atoms with Gasteiger partial charge in [0.15, 0.2) is 6.19 Å². The number of benzene rings is 2. The van der Waals surface area contributed by atoms with E-state index in [-0.39, 0.29) is 17.9 Å². The number of carbonyl (C=O) groups excluding carboxylic acids is 1. The Morgan fingerprint density at radius 1 is 1.10 bits per heavy atom. The van der Waals surface area contributed by atoms with Gasteiger partial charge in [-0.2, -0.15) is 5.26 Å². The molecule has 0 aromatic heterocycles. The number of unbranched alkanes of at least 4 members (excludes halogenated alkanes) is 1. The number of ether oxygens (including phenoxy) is 2. The van der Waals surface area contributed by atoms with Gasteiger partial charge in [-0.15, -0.1) is 0 Å². The Morgan fingerprint density at radius 3 is 2.36 bits per heavy atom. The largest absolute Gasteiger partial charge is 0.497 e. The van der Waals surface area contributed by atoms with Gasteiger partial charge in [0, 0.05) is 31.6 Å². The highest BCUT2D eigenvalue weighted by Crippen LogP contribution is 2.23. The molecule has 0 saturated carbocycles. The molecule has 9 heteroatoms. The third-order valence-electron chi connectivity index (χ3n) is 5.97. The highest BCUT2D eigenvalue weighted by Gasteiger charge is 2.10. The average Bonchev–Trinajstić information content (AvgIpc) is 2.92. The monoisotopic (exact) mass is 534 g/mol. The highest BCUT2D eigenvalue weighted by molar-refractivity contribution is 5.97. The summed E-state index contributed by atoms with van der Waals surface area (Å²) in [7, 11) is 5.43. The van der Waals surface area contributed by atoms with Crippen LogP contribution in [-0.2, 0) is 11.2 Å². The number of nitriles is 1. The molecule has 0 atom stereocenters. The molecular weight excluding hydrogens is 492 g/mol. The summed E-state index contributed by atoms with van der Waals surface area (Å²) in [6.07, 6.45) is 8.92. The third kappa shape index (κ3) is 11.5. The van der Waals surface area contributed by atoms with Gasteiger partial charge in [0.1, 0.15) is 11.5 Å². The van der Waals surface area contributed by atoms with Crippen molar-refractivity contribution in [2.24, 2.45) is 10.7 Å². The summed E-state index contributed by atoms with van der Waals surface area (Å²) in [5, 5.41) is 12.4. The first-order valence-electron chi connectivity index (χ1n) is 13.2. The Hall–Kier alpha value is -4.03. The third-order valence-corrected chi connectivity index (χ3v) is 5.97. The number of hydrogen-bond acceptors (Lipinski definition) is 6. The quantitative estimate of drug-likeness (QED) is 0.116. The van der Waals surface area contributed by atoms with Crippen LogP contribution in [0.4, 0.5) is 5.69 Å². The summed E-state index contributed by atoms with van der Waals surface area (Å²) in [5.74, 6) is 1.76. The van der Waals surface area contributed by atoms with E-state index in [2.05, 4.69) is 28.4 Å². The second-order valence-corrected chi connectivity index (χ2v) is 9.55. The summed E-state index contributed by atoms with van der Waals surface area (Å²) in [6.45, 7) is 6.35. The number of aliphatic imine (C=N–C) groups is 1. The molecule has 0 aliphatic carbocycles. The minimum Gasteiger partial charge on any atom is -0.497 e. The van der Waals surface area contributed by atoms with E-state index in [1.807, 2.05) is 56.3 Å². The lowest BCUT2D eigenvalue weighted by molar-refractivity contribution is -0.120. The molecule has 210 valence electrons. The van der Waals surface area contributed by atoms with Crippen molar-refractivity contribution < 1.29 is 14.3 Å². The van der Waals surface area contributed by atoms with Crippen molar-refractivity contribution in [1.29, 1.82) is 5.26 Å². The van der Waals surface area contributed by atoms with Crippen molar-refractivity contribution >= 4 is 23.6 Å². The summed E-state index contributed by atoms with van der Waals surface area (Å²) in [5.41, 5.74) is 8.67. The number of amides is 1. The number of rotatable bonds is 15. The molecule has 0 bridgehead atoms. The predicted octanol–water partition coefficient (Wildman–Crippen LogP) is 4.19. The number of methoxy groups -OCH3 is 2. The van der Waals surface area contributed by atoms with E-state index >= 15 is 0 Å². The van der Waals surface area contributed by atoms with Crippen LogP contribution in [0, 0.1) is 11.5 Å². The lowest BCUT2D eigenvalue weighted by atomic mass is 10.1. The maximum absolute atomic E-state index is 12.2. The van der Waals surface area contributed by atoms with Crippen LogP contribution in [0.25, 0.3) is 6.08 Å². The first kappa shape index (κ1) is 31.2. The smallest absolute Gasteiger partial charge is 0.223 e. The number of nitrogens with zero attached hydrogens (tertiary/aromatic N) is 4. The fraction of sp³-hybridized carbons (Fsp3) is 0.433. The molecule has 0 spiro atoms. The molecule has 0 aliphatic heterocycles. The molecule has 0 fully saturated rings. The van der Waals surface area contributed by atoms with E-state index in [0.717, 1.165) is 49.4 Å². The summed E-state index contributed by atoms with van der Waals surface area (Å²) in [6, 6.07) is 13.3. The fourth-order valence-electron chi connectivity index (χ4n) is 3.85. The van der Waals surface area contributed by atoms with Crippen LogP contribution >= 0.6 is 0 Å². The molecule has 0 radical (unpaired) electrons. The van der Waals surface area contributed by atoms with E-state index in [1.165, 1.54) is 10.5 Å². The zero-order valence-corrected chi connectivity index (χ0v) is 23.8. The van der Waals surface area contributed by atoms with Crippen LogP contribution < -0.4 is 25.4 Å². The first-order chi connectivity index (χ1) is 18.7. The van der Waals surface area contributed by atoms with Crippen LogP contribution in [0.1, 0.15) is 44.2 Å². The van der Waals surface area contributed by atoms with Gasteiger partial charge in [-0.3, -0.25) is 4.79 Å². The number of carbonyl (C=O) groups is 1. The molecule has 3 N–H and O–H groups in total. The van der Waals surface area contributed by atoms with E-state index in [4.69, 9.17) is 15.2 Å². The number of likely N-dealkylation sites (N-methyl/N-ethyl adjacent to an activating group) is 1. The van der Waals surface area contributed by atoms with E-state index in [9.17, 15) is 10.1 Å². The van der Waals surface area contributed by atoms with Crippen molar-refractivity contribution in [3.05, 3.63) is 59.7 Å². The molecule has 0 aliphatic rings. The van der Waals surface area contributed by atoms with E-state index in [0.29, 0.717) is 18.7 Å². The molecule has 39 heavy (non-hydrogen) atoms. The van der Waals surface area contributed by atoms with Gasteiger partial charge < -0.3 is 25.4 Å². The van der Waals surface area contributed by atoms with Crippen LogP contribution in [0.5, 0.6) is 11.5 Å². The van der Waals surface area contributed by atoms with E-state index in [1.54, 1.807) is 26.4 Å². The first-order valence-corrected chi connectivity index (χ1v) is 13.2. The van der Waals surface area contributed by atoms with E-state index < -0.39 is 0 Å². The number of anilines is 1. The molecule has 2 aromatic rings. The average molecular weight is 535 g/mol. The summed E-state index contributed by atoms with van der Waals surface area (Å²) < 4.78 is 10.7. The highest BCUT2D eigenvalue weighted by atomic mass is 16.5. The van der Waals surface area contributed by atoms with Crippen molar-refractivity contribution in [3.8, 4) is 17.7 Å². The standard InChI is InChI=1S/C30H42N6O3/c1-23(2)34-30(32)36(22-31)26-13-11-24(12-14-26)9-8-10-29(37)33-16-6-7-17-35(3)18-15-25-19-27(38-4)21-28(20-25)39-5/h8-9,11-14,19-21,23H,6-7,10,15-18H2,1-5H3,(H2,32,34)(H,33,37)/b9-8+. The zero-order valence-electron chi connectivity index (χ0n) is 23.8. The molecular formula is C30H42N6O3. The van der Waals surface area contributed by atoms with Gasteiger partial charge in [-0.05, 0) is 82.1 Å². The Morgan fingerprint density at radius 2 is 1.77 bits per heavy atom. The molecule has 1 amide bonds. The summed E-state index contributed by atoms with van der Waals surface area (Å²) >= 11 is 0. The minimum absolute atomic E-state index is 0.00322. The Kier molecular flexibility index (Phi) is 13.4. The van der Waals surface area contributed by atoms with Gasteiger partial charge in [0.25, 0.3) is 0 Å². The van der Waals surface area contributed by atoms with Crippen molar-refractivity contribution in [3.63, 3.8) is 0 Å². The van der Waals surface area contributed by atoms with Crippen LogP contribution in [0.15, 0.2) is 53.5 Å².